The summed E-state index contributed by atoms with van der Waals surface area (Å²) in [6.45, 7) is 5.97. The highest BCUT2D eigenvalue weighted by Crippen LogP contribution is 2.39. The van der Waals surface area contributed by atoms with Gasteiger partial charge in [-0.15, -0.1) is 0 Å². The normalized spacial score (nSPS) is 18.0. The van der Waals surface area contributed by atoms with E-state index in [9.17, 15) is 0 Å². The molecule has 0 amide bonds. The summed E-state index contributed by atoms with van der Waals surface area (Å²) in [6, 6.07) is 22.2. The highest BCUT2D eigenvalue weighted by atomic mass is 15.1. The minimum absolute atomic E-state index is 0.391. The van der Waals surface area contributed by atoms with Gasteiger partial charge in [0, 0.05) is 0 Å². The highest BCUT2D eigenvalue weighted by Gasteiger charge is 2.35. The quantitative estimate of drug-likeness (QED) is 0.721. The molecule has 0 atom stereocenters. The third-order valence-corrected chi connectivity index (χ3v) is 5.61. The van der Waals surface area contributed by atoms with Crippen LogP contribution in [0.25, 0.3) is 0 Å². The van der Waals surface area contributed by atoms with Crippen LogP contribution in [0.1, 0.15) is 43.7 Å². The zero-order valence-electron chi connectivity index (χ0n) is 14.4. The minimum atomic E-state index is 0.391. The summed E-state index contributed by atoms with van der Waals surface area (Å²) in [7, 11) is 0. The van der Waals surface area contributed by atoms with Crippen LogP contribution in [0.2, 0.25) is 0 Å². The van der Waals surface area contributed by atoms with Gasteiger partial charge >= 0.3 is 0 Å². The predicted molar refractivity (Wildman–Crippen MR) is 98.8 cm³/mol. The van der Waals surface area contributed by atoms with Gasteiger partial charge in [0.25, 0.3) is 0 Å². The maximum Gasteiger partial charge on any atom is -0.00103 e. The van der Waals surface area contributed by atoms with E-state index in [-0.39, 0.29) is 0 Å². The van der Waals surface area contributed by atoms with E-state index in [0.29, 0.717) is 5.41 Å². The molecule has 1 heteroatoms. The molecule has 1 aliphatic heterocycles. The minimum Gasteiger partial charge on any atom is -0.304 e. The molecule has 1 aliphatic rings. The van der Waals surface area contributed by atoms with Crippen molar-refractivity contribution < 1.29 is 0 Å². The number of hydrogen-bond acceptors (Lipinski definition) is 1. The molecule has 3 rings (SSSR count). The van der Waals surface area contributed by atoms with E-state index < -0.39 is 0 Å². The summed E-state index contributed by atoms with van der Waals surface area (Å²) in [5.74, 6) is 0. The van der Waals surface area contributed by atoms with Crippen molar-refractivity contribution in [2.24, 2.45) is 0 Å². The monoisotopic (exact) mass is 307 g/mol. The van der Waals surface area contributed by atoms with Gasteiger partial charge in [-0.05, 0) is 68.3 Å². The number of hydrogen-bond donors (Lipinski definition) is 0. The Hall–Kier alpha value is -1.60. The Morgan fingerprint density at radius 3 is 2.09 bits per heavy atom. The first kappa shape index (κ1) is 16.3. The molecular weight excluding hydrogens is 278 g/mol. The van der Waals surface area contributed by atoms with Gasteiger partial charge in [-0.2, -0.15) is 0 Å². The number of likely N-dealkylation sites (tertiary alicyclic amines) is 1. The summed E-state index contributed by atoms with van der Waals surface area (Å²) < 4.78 is 0. The van der Waals surface area contributed by atoms with Crippen molar-refractivity contribution in [3.8, 4) is 0 Å². The van der Waals surface area contributed by atoms with E-state index in [0.717, 1.165) is 0 Å². The first-order chi connectivity index (χ1) is 11.3. The Morgan fingerprint density at radius 1 is 0.870 bits per heavy atom. The molecule has 1 heterocycles. The fourth-order valence-corrected chi connectivity index (χ4v) is 4.05. The van der Waals surface area contributed by atoms with E-state index in [1.54, 1.807) is 5.56 Å². The van der Waals surface area contributed by atoms with Gasteiger partial charge in [0.1, 0.15) is 0 Å². The Balaban J connectivity index is 1.69. The molecule has 2 aromatic carbocycles. The molecule has 0 spiro atoms. The second kappa shape index (κ2) is 7.79. The number of nitrogens with zero attached hydrogens (tertiary/aromatic N) is 1. The lowest BCUT2D eigenvalue weighted by Gasteiger charge is -2.42. The Bertz CT molecular complexity index is 567. The lowest BCUT2D eigenvalue weighted by atomic mass is 9.69. The van der Waals surface area contributed by atoms with Crippen LogP contribution in [-0.4, -0.2) is 24.5 Å². The second-order valence-corrected chi connectivity index (χ2v) is 6.92. The lowest BCUT2D eigenvalue weighted by molar-refractivity contribution is 0.156. The molecule has 0 N–H and O–H groups in total. The van der Waals surface area contributed by atoms with Crippen molar-refractivity contribution in [2.45, 2.75) is 44.4 Å². The molecule has 1 saturated heterocycles. The number of rotatable bonds is 6. The van der Waals surface area contributed by atoms with Gasteiger partial charge in [0.05, 0.1) is 0 Å². The largest absolute Gasteiger partial charge is 0.304 e. The zero-order chi connectivity index (χ0) is 16.0. The number of aryl methyl sites for hydroxylation is 1. The molecule has 2 aromatic rings. The SMILES string of the molecule is CCN1CCC(CCCc2ccccc2)(c2ccccc2)CC1. The van der Waals surface area contributed by atoms with Crippen LogP contribution >= 0.6 is 0 Å². The molecule has 1 fully saturated rings. The molecule has 0 aromatic heterocycles. The first-order valence-corrected chi connectivity index (χ1v) is 9.14. The van der Waals surface area contributed by atoms with Crippen molar-refractivity contribution in [2.75, 3.05) is 19.6 Å². The lowest BCUT2D eigenvalue weighted by Crippen LogP contribution is -2.42. The summed E-state index contributed by atoms with van der Waals surface area (Å²) in [5, 5.41) is 0. The van der Waals surface area contributed by atoms with E-state index >= 15 is 0 Å². The molecule has 0 unspecified atom stereocenters. The van der Waals surface area contributed by atoms with Gasteiger partial charge in [0.15, 0.2) is 0 Å². The van der Waals surface area contributed by atoms with Crippen LogP contribution in [0.5, 0.6) is 0 Å². The zero-order valence-corrected chi connectivity index (χ0v) is 14.4. The van der Waals surface area contributed by atoms with Crippen LogP contribution in [0, 0.1) is 0 Å². The van der Waals surface area contributed by atoms with Crippen molar-refractivity contribution in [1.82, 2.24) is 4.90 Å². The predicted octanol–water partition coefficient (Wildman–Crippen LogP) is 5.06. The third kappa shape index (κ3) is 4.03. The number of benzene rings is 2. The molecule has 122 valence electrons. The summed E-state index contributed by atoms with van der Waals surface area (Å²) in [5.41, 5.74) is 3.42. The van der Waals surface area contributed by atoms with Gasteiger partial charge in [0.2, 0.25) is 0 Å². The third-order valence-electron chi connectivity index (χ3n) is 5.61. The van der Waals surface area contributed by atoms with Crippen LogP contribution in [0.3, 0.4) is 0 Å². The molecule has 23 heavy (non-hydrogen) atoms. The standard InChI is InChI=1S/C22H29N/c1-2-23-18-16-22(17-19-23,21-13-7-4-8-14-21)15-9-12-20-10-5-3-6-11-20/h3-8,10-11,13-14H,2,9,12,15-19H2,1H3. The van der Waals surface area contributed by atoms with E-state index in [1.165, 1.54) is 57.3 Å². The summed E-state index contributed by atoms with van der Waals surface area (Å²) in [6.07, 6.45) is 6.40. The van der Waals surface area contributed by atoms with Gasteiger partial charge in [-0.25, -0.2) is 0 Å². The molecule has 0 saturated carbocycles. The maximum atomic E-state index is 2.60. The second-order valence-electron chi connectivity index (χ2n) is 6.92. The fourth-order valence-electron chi connectivity index (χ4n) is 4.05. The Labute approximate surface area is 141 Å². The van der Waals surface area contributed by atoms with Crippen molar-refractivity contribution >= 4 is 0 Å². The van der Waals surface area contributed by atoms with Crippen LogP contribution in [0.4, 0.5) is 0 Å². The van der Waals surface area contributed by atoms with E-state index in [2.05, 4.69) is 72.5 Å². The van der Waals surface area contributed by atoms with E-state index in [4.69, 9.17) is 0 Å². The smallest absolute Gasteiger partial charge is 0.00103 e. The van der Waals surface area contributed by atoms with Crippen molar-refractivity contribution in [3.63, 3.8) is 0 Å². The van der Waals surface area contributed by atoms with Crippen molar-refractivity contribution in [1.29, 1.82) is 0 Å². The summed E-state index contributed by atoms with van der Waals surface area (Å²) in [4.78, 5) is 2.60. The average molecular weight is 307 g/mol. The average Bonchev–Trinajstić information content (AvgIpc) is 2.64. The van der Waals surface area contributed by atoms with Crippen molar-refractivity contribution in [3.05, 3.63) is 71.8 Å². The molecular formula is C22H29N. The number of piperidine rings is 1. The molecule has 1 nitrogen and oxygen atoms in total. The topological polar surface area (TPSA) is 3.24 Å². The molecule has 0 radical (unpaired) electrons. The molecule has 0 bridgehead atoms. The van der Waals surface area contributed by atoms with Gasteiger partial charge in [-0.1, -0.05) is 67.6 Å². The van der Waals surface area contributed by atoms with E-state index in [1.807, 2.05) is 0 Å². The summed E-state index contributed by atoms with van der Waals surface area (Å²) >= 11 is 0. The highest BCUT2D eigenvalue weighted by molar-refractivity contribution is 5.26. The van der Waals surface area contributed by atoms with Gasteiger partial charge < -0.3 is 4.90 Å². The first-order valence-electron chi connectivity index (χ1n) is 9.14. The van der Waals surface area contributed by atoms with Crippen LogP contribution in [-0.2, 0) is 11.8 Å². The maximum absolute atomic E-state index is 2.60. The fraction of sp³-hybridized carbons (Fsp3) is 0.455. The van der Waals surface area contributed by atoms with Crippen LogP contribution in [0.15, 0.2) is 60.7 Å². The van der Waals surface area contributed by atoms with Gasteiger partial charge in [-0.3, -0.25) is 0 Å². The van der Waals surface area contributed by atoms with Crippen LogP contribution < -0.4 is 0 Å². The Kier molecular flexibility index (Phi) is 5.51. The molecule has 0 aliphatic carbocycles. The Morgan fingerprint density at radius 2 is 1.48 bits per heavy atom.